The Morgan fingerprint density at radius 3 is 2.76 bits per heavy atom. The Morgan fingerprint density at radius 2 is 2.06 bits per heavy atom. The van der Waals surface area contributed by atoms with Crippen molar-refractivity contribution in [1.82, 2.24) is 5.32 Å². The molecule has 0 fully saturated rings. The van der Waals surface area contributed by atoms with Crippen LogP contribution in [0.5, 0.6) is 5.75 Å². The highest BCUT2D eigenvalue weighted by Gasteiger charge is 2.07. The first-order valence-electron chi connectivity index (χ1n) is 6.26. The molecule has 2 rings (SSSR count). The van der Waals surface area contributed by atoms with Crippen LogP contribution in [-0.4, -0.2) is 19.7 Å². The minimum Gasteiger partial charge on any atom is -0.489 e. The number of ether oxygens (including phenoxy) is 1. The summed E-state index contributed by atoms with van der Waals surface area (Å²) in [5, 5.41) is 3.31. The van der Waals surface area contributed by atoms with Crippen LogP contribution in [0.3, 0.4) is 0 Å². The predicted molar refractivity (Wildman–Crippen MR) is 71.7 cm³/mol. The maximum atomic E-state index is 5.94. The van der Waals surface area contributed by atoms with Gasteiger partial charge in [-0.2, -0.15) is 0 Å². The van der Waals surface area contributed by atoms with E-state index in [1.54, 1.807) is 0 Å². The number of benzene rings is 1. The quantitative estimate of drug-likeness (QED) is 0.808. The number of hydrogen-bond acceptors (Lipinski definition) is 2. The highest BCUT2D eigenvalue weighted by atomic mass is 16.5. The smallest absolute Gasteiger partial charge is 0.123 e. The zero-order valence-corrected chi connectivity index (χ0v) is 11.0. The average molecular weight is 231 g/mol. The molecule has 17 heavy (non-hydrogen) atoms. The molecule has 0 amide bonds. The Balaban J connectivity index is 2.05. The van der Waals surface area contributed by atoms with Gasteiger partial charge in [0.05, 0.1) is 0 Å². The molecule has 0 radical (unpaired) electrons. The van der Waals surface area contributed by atoms with Crippen molar-refractivity contribution in [1.29, 1.82) is 0 Å². The Hall–Kier alpha value is -1.28. The number of aryl methyl sites for hydroxylation is 2. The molecule has 1 aromatic carbocycles. The van der Waals surface area contributed by atoms with E-state index >= 15 is 0 Å². The van der Waals surface area contributed by atoms with Gasteiger partial charge in [-0.3, -0.25) is 0 Å². The van der Waals surface area contributed by atoms with Gasteiger partial charge in [-0.25, -0.2) is 0 Å². The standard InChI is InChI=1S/C15H21NO/c1-11-8-12(2)13(3)15(9-11)17-10-14-4-6-16-7-5-14/h4,8-9,16H,5-7,10H2,1-3H3. The molecular weight excluding hydrogens is 210 g/mol. The normalized spacial score (nSPS) is 15.6. The monoisotopic (exact) mass is 231 g/mol. The third kappa shape index (κ3) is 3.10. The van der Waals surface area contributed by atoms with E-state index in [0.717, 1.165) is 31.9 Å². The summed E-state index contributed by atoms with van der Waals surface area (Å²) in [6.07, 6.45) is 3.34. The van der Waals surface area contributed by atoms with Crippen LogP contribution in [0.4, 0.5) is 0 Å². The minimum absolute atomic E-state index is 0.728. The molecule has 2 heteroatoms. The molecule has 1 aromatic rings. The minimum atomic E-state index is 0.728. The van der Waals surface area contributed by atoms with Crippen molar-refractivity contribution in [3.05, 3.63) is 40.5 Å². The summed E-state index contributed by atoms with van der Waals surface area (Å²) in [6.45, 7) is 9.15. The van der Waals surface area contributed by atoms with Gasteiger partial charge < -0.3 is 10.1 Å². The van der Waals surface area contributed by atoms with E-state index in [1.165, 1.54) is 22.3 Å². The fraction of sp³-hybridized carbons (Fsp3) is 0.467. The zero-order chi connectivity index (χ0) is 12.3. The van der Waals surface area contributed by atoms with Gasteiger partial charge in [0.15, 0.2) is 0 Å². The molecule has 0 spiro atoms. The van der Waals surface area contributed by atoms with Crippen LogP contribution >= 0.6 is 0 Å². The van der Waals surface area contributed by atoms with Gasteiger partial charge >= 0.3 is 0 Å². The van der Waals surface area contributed by atoms with Crippen molar-refractivity contribution < 1.29 is 4.74 Å². The first-order chi connectivity index (χ1) is 8.16. The summed E-state index contributed by atoms with van der Waals surface area (Å²) in [4.78, 5) is 0. The van der Waals surface area contributed by atoms with Gasteiger partial charge in [0.2, 0.25) is 0 Å². The average Bonchev–Trinajstić information content (AvgIpc) is 2.33. The maximum absolute atomic E-state index is 5.94. The predicted octanol–water partition coefficient (Wildman–Crippen LogP) is 2.91. The van der Waals surface area contributed by atoms with Crippen LogP contribution in [0.1, 0.15) is 23.1 Å². The third-order valence-electron chi connectivity index (χ3n) is 3.34. The van der Waals surface area contributed by atoms with Gasteiger partial charge in [-0.1, -0.05) is 12.1 Å². The first kappa shape index (κ1) is 12.2. The molecule has 0 saturated carbocycles. The van der Waals surface area contributed by atoms with Crippen LogP contribution in [0.15, 0.2) is 23.8 Å². The maximum Gasteiger partial charge on any atom is 0.123 e. The van der Waals surface area contributed by atoms with Gasteiger partial charge in [-0.15, -0.1) is 0 Å². The van der Waals surface area contributed by atoms with Crippen LogP contribution in [0.2, 0.25) is 0 Å². The number of rotatable bonds is 3. The summed E-state index contributed by atoms with van der Waals surface area (Å²) in [5.41, 5.74) is 5.23. The lowest BCUT2D eigenvalue weighted by Crippen LogP contribution is -2.22. The van der Waals surface area contributed by atoms with Crippen molar-refractivity contribution in [2.75, 3.05) is 19.7 Å². The Kier molecular flexibility index (Phi) is 3.85. The summed E-state index contributed by atoms with van der Waals surface area (Å²) in [5.74, 6) is 1.03. The molecule has 1 aliphatic rings. The zero-order valence-electron chi connectivity index (χ0n) is 11.0. The molecule has 0 aliphatic carbocycles. The van der Waals surface area contributed by atoms with Crippen molar-refractivity contribution in [2.45, 2.75) is 27.2 Å². The second kappa shape index (κ2) is 5.37. The van der Waals surface area contributed by atoms with Gasteiger partial charge in [0, 0.05) is 6.54 Å². The highest BCUT2D eigenvalue weighted by molar-refractivity contribution is 5.42. The summed E-state index contributed by atoms with van der Waals surface area (Å²) >= 11 is 0. The number of nitrogens with one attached hydrogen (secondary N) is 1. The van der Waals surface area contributed by atoms with Gasteiger partial charge in [-0.05, 0) is 62.1 Å². The van der Waals surface area contributed by atoms with E-state index in [2.05, 4.69) is 44.3 Å². The molecular formula is C15H21NO. The SMILES string of the molecule is Cc1cc(C)c(C)c(OCC2=CCNCC2)c1. The lowest BCUT2D eigenvalue weighted by molar-refractivity contribution is 0.341. The second-order valence-corrected chi connectivity index (χ2v) is 4.81. The molecule has 0 aromatic heterocycles. The van der Waals surface area contributed by atoms with E-state index < -0.39 is 0 Å². The van der Waals surface area contributed by atoms with Crippen LogP contribution in [0.25, 0.3) is 0 Å². The highest BCUT2D eigenvalue weighted by Crippen LogP contribution is 2.24. The van der Waals surface area contributed by atoms with Crippen molar-refractivity contribution in [3.8, 4) is 5.75 Å². The van der Waals surface area contributed by atoms with Gasteiger partial charge in [0.25, 0.3) is 0 Å². The van der Waals surface area contributed by atoms with Crippen molar-refractivity contribution in [2.24, 2.45) is 0 Å². The molecule has 1 N–H and O–H groups in total. The van der Waals surface area contributed by atoms with E-state index in [1.807, 2.05) is 0 Å². The Labute approximate surface area is 104 Å². The molecule has 0 unspecified atom stereocenters. The Morgan fingerprint density at radius 1 is 1.24 bits per heavy atom. The van der Waals surface area contributed by atoms with Crippen molar-refractivity contribution >= 4 is 0 Å². The fourth-order valence-electron chi connectivity index (χ4n) is 2.12. The third-order valence-corrected chi connectivity index (χ3v) is 3.34. The fourth-order valence-corrected chi connectivity index (χ4v) is 2.12. The van der Waals surface area contributed by atoms with Crippen molar-refractivity contribution in [3.63, 3.8) is 0 Å². The molecule has 0 saturated heterocycles. The number of hydrogen-bond donors (Lipinski definition) is 1. The lowest BCUT2D eigenvalue weighted by Gasteiger charge is -2.17. The lowest BCUT2D eigenvalue weighted by atomic mass is 10.1. The second-order valence-electron chi connectivity index (χ2n) is 4.81. The van der Waals surface area contributed by atoms with Crippen LogP contribution in [0, 0.1) is 20.8 Å². The molecule has 1 aliphatic heterocycles. The largest absolute Gasteiger partial charge is 0.489 e. The molecule has 92 valence electrons. The summed E-state index contributed by atoms with van der Waals surface area (Å²) < 4.78 is 5.94. The van der Waals surface area contributed by atoms with E-state index in [4.69, 9.17) is 4.74 Å². The topological polar surface area (TPSA) is 21.3 Å². The summed E-state index contributed by atoms with van der Waals surface area (Å²) in [6, 6.07) is 4.33. The molecule has 2 nitrogen and oxygen atoms in total. The van der Waals surface area contributed by atoms with E-state index in [-0.39, 0.29) is 0 Å². The Bertz CT molecular complexity index is 435. The molecule has 1 heterocycles. The van der Waals surface area contributed by atoms with Gasteiger partial charge in [0.1, 0.15) is 12.4 Å². The summed E-state index contributed by atoms with van der Waals surface area (Å²) in [7, 11) is 0. The van der Waals surface area contributed by atoms with E-state index in [0.29, 0.717) is 0 Å². The van der Waals surface area contributed by atoms with Crippen LogP contribution in [-0.2, 0) is 0 Å². The molecule has 0 bridgehead atoms. The van der Waals surface area contributed by atoms with Crippen LogP contribution < -0.4 is 10.1 Å². The molecule has 0 atom stereocenters. The first-order valence-corrected chi connectivity index (χ1v) is 6.26. The van der Waals surface area contributed by atoms with E-state index in [9.17, 15) is 0 Å².